The molecule has 0 aromatic carbocycles. The van der Waals surface area contributed by atoms with Gasteiger partial charge >= 0.3 is 5.97 Å². The molecule has 0 aliphatic heterocycles. The predicted molar refractivity (Wildman–Crippen MR) is 37.4 cm³/mol. The summed E-state index contributed by atoms with van der Waals surface area (Å²) in [5.74, 6) is -0.735. The van der Waals surface area contributed by atoms with Crippen molar-refractivity contribution in [3.63, 3.8) is 0 Å². The van der Waals surface area contributed by atoms with Crippen molar-refractivity contribution in [1.29, 1.82) is 5.26 Å². The van der Waals surface area contributed by atoms with Gasteiger partial charge < -0.3 is 9.84 Å². The quantitative estimate of drug-likeness (QED) is 0.459. The lowest BCUT2D eigenvalue weighted by Gasteiger charge is -2.05. The molecule has 11 heavy (non-hydrogen) atoms. The highest BCUT2D eigenvalue weighted by atomic mass is 16.5. The molecule has 0 heterocycles. The number of ether oxygens (including phenoxy) is 1. The van der Waals surface area contributed by atoms with Gasteiger partial charge in [-0.05, 0) is 6.92 Å². The first kappa shape index (κ1) is 9.66. The maximum Gasteiger partial charge on any atom is 0.337 e. The van der Waals surface area contributed by atoms with E-state index in [1.807, 2.05) is 0 Å². The second-order valence-electron chi connectivity index (χ2n) is 1.94. The second-order valence-corrected chi connectivity index (χ2v) is 1.94. The van der Waals surface area contributed by atoms with Gasteiger partial charge in [0.2, 0.25) is 0 Å². The molecule has 0 amide bonds. The SMILES string of the molecule is C=C(C(=O)OCC#N)C(C)O. The van der Waals surface area contributed by atoms with E-state index in [1.54, 1.807) is 6.07 Å². The van der Waals surface area contributed by atoms with Crippen LogP contribution in [-0.2, 0) is 9.53 Å². The molecule has 1 atom stereocenters. The van der Waals surface area contributed by atoms with Crippen LogP contribution in [0.4, 0.5) is 0 Å². The van der Waals surface area contributed by atoms with E-state index in [9.17, 15) is 4.79 Å². The maximum atomic E-state index is 10.7. The largest absolute Gasteiger partial charge is 0.447 e. The molecule has 0 aliphatic carbocycles. The van der Waals surface area contributed by atoms with Gasteiger partial charge in [0.1, 0.15) is 6.07 Å². The van der Waals surface area contributed by atoms with Crippen molar-refractivity contribution in [2.24, 2.45) is 0 Å². The summed E-state index contributed by atoms with van der Waals surface area (Å²) in [6.45, 7) is 4.36. The van der Waals surface area contributed by atoms with Crippen molar-refractivity contribution < 1.29 is 14.6 Å². The predicted octanol–water partition coefficient (Wildman–Crippen LogP) is -0.00982. The van der Waals surface area contributed by atoms with Crippen molar-refractivity contribution in [2.75, 3.05) is 6.61 Å². The molecule has 1 unspecified atom stereocenters. The lowest BCUT2D eigenvalue weighted by Crippen LogP contribution is -2.16. The Morgan fingerprint density at radius 3 is 2.82 bits per heavy atom. The molecule has 0 aliphatic rings. The van der Waals surface area contributed by atoms with Crippen molar-refractivity contribution in [2.45, 2.75) is 13.0 Å². The Bertz CT molecular complexity index is 202. The van der Waals surface area contributed by atoms with Crippen LogP contribution in [0.3, 0.4) is 0 Å². The first-order valence-corrected chi connectivity index (χ1v) is 3.00. The lowest BCUT2D eigenvalue weighted by molar-refractivity contribution is -0.138. The molecule has 0 radical (unpaired) electrons. The molecular formula is C7H9NO3. The second kappa shape index (κ2) is 4.47. The smallest absolute Gasteiger partial charge is 0.337 e. The van der Waals surface area contributed by atoms with Crippen LogP contribution >= 0.6 is 0 Å². The number of rotatable bonds is 3. The van der Waals surface area contributed by atoms with E-state index in [1.165, 1.54) is 6.92 Å². The summed E-state index contributed by atoms with van der Waals surface area (Å²) in [6.07, 6.45) is -0.929. The highest BCUT2D eigenvalue weighted by molar-refractivity contribution is 5.88. The van der Waals surface area contributed by atoms with Gasteiger partial charge in [-0.25, -0.2) is 4.79 Å². The minimum Gasteiger partial charge on any atom is -0.447 e. The van der Waals surface area contributed by atoms with Crippen LogP contribution < -0.4 is 0 Å². The number of aliphatic hydroxyl groups excluding tert-OH is 1. The molecule has 60 valence electrons. The lowest BCUT2D eigenvalue weighted by atomic mass is 10.2. The zero-order valence-corrected chi connectivity index (χ0v) is 6.20. The Morgan fingerprint density at radius 2 is 2.45 bits per heavy atom. The number of nitriles is 1. The van der Waals surface area contributed by atoms with Crippen molar-refractivity contribution in [3.8, 4) is 6.07 Å². The minimum atomic E-state index is -0.929. The standard InChI is InChI=1S/C7H9NO3/c1-5(6(2)9)7(10)11-4-3-8/h6,9H,1,4H2,2H3. The maximum absolute atomic E-state index is 10.7. The Hall–Kier alpha value is -1.34. The fourth-order valence-electron chi connectivity index (χ4n) is 0.361. The summed E-state index contributed by atoms with van der Waals surface area (Å²) in [6, 6.07) is 1.63. The van der Waals surface area contributed by atoms with Crippen molar-refractivity contribution in [3.05, 3.63) is 12.2 Å². The van der Waals surface area contributed by atoms with Gasteiger partial charge in [-0.1, -0.05) is 6.58 Å². The van der Waals surface area contributed by atoms with Gasteiger partial charge in [-0.3, -0.25) is 0 Å². The molecule has 0 spiro atoms. The van der Waals surface area contributed by atoms with Crippen LogP contribution in [0.1, 0.15) is 6.92 Å². The summed E-state index contributed by atoms with van der Waals surface area (Å²) < 4.78 is 4.35. The number of hydrogen-bond donors (Lipinski definition) is 1. The molecule has 0 saturated carbocycles. The van der Waals surface area contributed by atoms with Crippen LogP contribution in [0, 0.1) is 11.3 Å². The number of carbonyl (C=O) groups is 1. The Labute approximate surface area is 64.7 Å². The zero-order chi connectivity index (χ0) is 8.85. The Kier molecular flexibility index (Phi) is 3.93. The topological polar surface area (TPSA) is 70.3 Å². The van der Waals surface area contributed by atoms with Crippen LogP contribution in [0.5, 0.6) is 0 Å². The zero-order valence-electron chi connectivity index (χ0n) is 6.20. The molecule has 1 N–H and O–H groups in total. The molecule has 0 saturated heterocycles. The van der Waals surface area contributed by atoms with Gasteiger partial charge in [0, 0.05) is 0 Å². The third-order valence-electron chi connectivity index (χ3n) is 1.03. The van der Waals surface area contributed by atoms with E-state index in [-0.39, 0.29) is 12.2 Å². The molecule has 4 heteroatoms. The van der Waals surface area contributed by atoms with Crippen molar-refractivity contribution >= 4 is 5.97 Å². The van der Waals surface area contributed by atoms with Crippen LogP contribution in [0.15, 0.2) is 12.2 Å². The van der Waals surface area contributed by atoms with E-state index in [0.29, 0.717) is 0 Å². The molecule has 0 aromatic heterocycles. The van der Waals surface area contributed by atoms with Crippen LogP contribution in [0.2, 0.25) is 0 Å². The van der Waals surface area contributed by atoms with E-state index < -0.39 is 12.1 Å². The molecular weight excluding hydrogens is 146 g/mol. The molecule has 0 bridgehead atoms. The van der Waals surface area contributed by atoms with Crippen LogP contribution in [0.25, 0.3) is 0 Å². The number of aliphatic hydroxyl groups is 1. The van der Waals surface area contributed by atoms with Crippen LogP contribution in [-0.4, -0.2) is 23.8 Å². The number of hydrogen-bond acceptors (Lipinski definition) is 4. The summed E-state index contributed by atoms with van der Waals surface area (Å²) in [5.41, 5.74) is -0.0414. The van der Waals surface area contributed by atoms with Gasteiger partial charge in [-0.2, -0.15) is 5.26 Å². The molecule has 0 aromatic rings. The fourth-order valence-corrected chi connectivity index (χ4v) is 0.361. The summed E-state index contributed by atoms with van der Waals surface area (Å²) in [7, 11) is 0. The van der Waals surface area contributed by atoms with Gasteiger partial charge in [0.25, 0.3) is 0 Å². The summed E-state index contributed by atoms with van der Waals surface area (Å²) in [4.78, 5) is 10.7. The first-order valence-electron chi connectivity index (χ1n) is 3.00. The number of esters is 1. The molecule has 0 fully saturated rings. The fraction of sp³-hybridized carbons (Fsp3) is 0.429. The van der Waals surface area contributed by atoms with Gasteiger partial charge in [-0.15, -0.1) is 0 Å². The summed E-state index contributed by atoms with van der Waals surface area (Å²) in [5, 5.41) is 16.8. The highest BCUT2D eigenvalue weighted by Gasteiger charge is 2.12. The van der Waals surface area contributed by atoms with Crippen molar-refractivity contribution in [1.82, 2.24) is 0 Å². The summed E-state index contributed by atoms with van der Waals surface area (Å²) >= 11 is 0. The van der Waals surface area contributed by atoms with E-state index in [0.717, 1.165) is 0 Å². The average molecular weight is 155 g/mol. The minimum absolute atomic E-state index is 0.0414. The Morgan fingerprint density at radius 1 is 1.91 bits per heavy atom. The molecule has 0 rings (SSSR count). The highest BCUT2D eigenvalue weighted by Crippen LogP contribution is 2.00. The third kappa shape index (κ3) is 3.38. The van der Waals surface area contributed by atoms with E-state index >= 15 is 0 Å². The normalized spacial score (nSPS) is 11.4. The van der Waals surface area contributed by atoms with E-state index in [2.05, 4.69) is 11.3 Å². The number of carbonyl (C=O) groups excluding carboxylic acids is 1. The Balaban J connectivity index is 3.86. The number of nitrogens with zero attached hydrogens (tertiary/aromatic N) is 1. The monoisotopic (exact) mass is 155 g/mol. The molecule has 4 nitrogen and oxygen atoms in total. The van der Waals surface area contributed by atoms with Gasteiger partial charge in [0.15, 0.2) is 6.61 Å². The first-order chi connectivity index (χ1) is 5.09. The third-order valence-corrected chi connectivity index (χ3v) is 1.03. The van der Waals surface area contributed by atoms with E-state index in [4.69, 9.17) is 10.4 Å². The average Bonchev–Trinajstić information content (AvgIpc) is 1.98. The van der Waals surface area contributed by atoms with Gasteiger partial charge in [0.05, 0.1) is 11.7 Å².